The van der Waals surface area contributed by atoms with E-state index in [1.54, 1.807) is 0 Å². The van der Waals surface area contributed by atoms with Crippen LogP contribution in [0.5, 0.6) is 0 Å². The summed E-state index contributed by atoms with van der Waals surface area (Å²) < 4.78 is 5.81. The predicted molar refractivity (Wildman–Crippen MR) is 84.4 cm³/mol. The number of aliphatic imine (C=N–C) groups is 1. The van der Waals surface area contributed by atoms with E-state index >= 15 is 0 Å². The molecule has 0 rings (SSSR count). The molecule has 0 aromatic heterocycles. The highest BCUT2D eigenvalue weighted by Gasteiger charge is 2.16. The van der Waals surface area contributed by atoms with E-state index < -0.39 is 8.32 Å². The first-order chi connectivity index (χ1) is 8.11. The van der Waals surface area contributed by atoms with Crippen molar-refractivity contribution >= 4 is 14.2 Å². The Morgan fingerprint density at radius 2 is 1.67 bits per heavy atom. The van der Waals surface area contributed by atoms with Crippen molar-refractivity contribution in [2.45, 2.75) is 54.3 Å². The van der Waals surface area contributed by atoms with Gasteiger partial charge in [-0.1, -0.05) is 39.8 Å². The molecule has 2 nitrogen and oxygen atoms in total. The molecule has 0 radical (unpaired) electrons. The zero-order valence-electron chi connectivity index (χ0n) is 13.2. The summed E-state index contributed by atoms with van der Waals surface area (Å²) in [5.41, 5.74) is 1.24. The van der Waals surface area contributed by atoms with Gasteiger partial charge in [0, 0.05) is 13.1 Å². The van der Waals surface area contributed by atoms with E-state index in [0.29, 0.717) is 11.8 Å². The van der Waals surface area contributed by atoms with Gasteiger partial charge in [-0.25, -0.2) is 4.99 Å². The molecule has 0 aromatic carbocycles. The number of hydrogen-bond acceptors (Lipinski definition) is 2. The molecule has 0 aliphatic heterocycles. The molecular formula is C15H29NOSi. The highest BCUT2D eigenvalue weighted by molar-refractivity contribution is 6.71. The van der Waals surface area contributed by atoms with Crippen molar-refractivity contribution in [1.29, 1.82) is 0 Å². The Morgan fingerprint density at radius 1 is 1.11 bits per heavy atom. The first-order valence-corrected chi connectivity index (χ1v) is 10.1. The lowest BCUT2D eigenvalue weighted by molar-refractivity contribution is 0.547. The average Bonchev–Trinajstić information content (AvgIpc) is 2.13. The monoisotopic (exact) mass is 267 g/mol. The van der Waals surface area contributed by atoms with Crippen LogP contribution >= 0.6 is 0 Å². The molecule has 0 saturated heterocycles. The average molecular weight is 267 g/mol. The molecule has 0 bridgehead atoms. The maximum atomic E-state index is 5.81. The van der Waals surface area contributed by atoms with Gasteiger partial charge in [0.05, 0.1) is 0 Å². The highest BCUT2D eigenvalue weighted by atomic mass is 28.4. The van der Waals surface area contributed by atoms with E-state index in [2.05, 4.69) is 64.5 Å². The Balaban J connectivity index is 4.82. The lowest BCUT2D eigenvalue weighted by atomic mass is 10.0. The second kappa shape index (κ2) is 7.57. The van der Waals surface area contributed by atoms with Crippen LogP contribution in [0.3, 0.4) is 0 Å². The third-order valence-corrected chi connectivity index (χ3v) is 3.10. The largest absolute Gasteiger partial charge is 0.535 e. The summed E-state index contributed by atoms with van der Waals surface area (Å²) >= 11 is 0. The van der Waals surface area contributed by atoms with Gasteiger partial charge in [-0.05, 0) is 37.0 Å². The zero-order valence-corrected chi connectivity index (χ0v) is 14.2. The Bertz CT molecular complexity index is 333. The van der Waals surface area contributed by atoms with Crippen LogP contribution in [0.25, 0.3) is 0 Å². The van der Waals surface area contributed by atoms with Crippen LogP contribution in [0.2, 0.25) is 19.6 Å². The quantitative estimate of drug-likeness (QED) is 0.297. The van der Waals surface area contributed by atoms with Crippen LogP contribution in [-0.2, 0) is 4.43 Å². The van der Waals surface area contributed by atoms with Crippen LogP contribution in [0.15, 0.2) is 28.9 Å². The van der Waals surface area contributed by atoms with Crippen molar-refractivity contribution in [3.8, 4) is 0 Å². The minimum Gasteiger partial charge on any atom is -0.535 e. The van der Waals surface area contributed by atoms with Crippen molar-refractivity contribution in [3.05, 3.63) is 23.9 Å². The molecule has 0 aliphatic carbocycles. The maximum absolute atomic E-state index is 5.81. The summed E-state index contributed by atoms with van der Waals surface area (Å²) in [6.45, 7) is 17.1. The lowest BCUT2D eigenvalue weighted by Crippen LogP contribution is -2.27. The molecule has 0 atom stereocenters. The summed E-state index contributed by atoms with van der Waals surface area (Å²) in [5, 5.41) is 0. The number of rotatable bonds is 5. The van der Waals surface area contributed by atoms with Gasteiger partial charge in [0.15, 0.2) is 5.90 Å². The summed E-state index contributed by atoms with van der Waals surface area (Å²) in [5.74, 6) is 1.81. The van der Waals surface area contributed by atoms with Gasteiger partial charge in [0.1, 0.15) is 0 Å². The van der Waals surface area contributed by atoms with E-state index in [4.69, 9.17) is 4.43 Å². The third-order valence-electron chi connectivity index (χ3n) is 2.19. The first-order valence-electron chi connectivity index (χ1n) is 6.73. The van der Waals surface area contributed by atoms with Gasteiger partial charge in [0.25, 0.3) is 0 Å². The Labute approximate surface area is 114 Å². The van der Waals surface area contributed by atoms with Crippen molar-refractivity contribution < 1.29 is 4.43 Å². The minimum atomic E-state index is -1.53. The van der Waals surface area contributed by atoms with Crippen LogP contribution < -0.4 is 0 Å². The first kappa shape index (κ1) is 17.2. The van der Waals surface area contributed by atoms with Crippen LogP contribution in [0.4, 0.5) is 0 Å². The SMILES string of the molecule is CC(=NC=C(C=CC(C)C)C(C)C)O[Si](C)(C)C. The van der Waals surface area contributed by atoms with Crippen molar-refractivity contribution in [2.75, 3.05) is 0 Å². The van der Waals surface area contributed by atoms with Gasteiger partial charge >= 0.3 is 0 Å². The van der Waals surface area contributed by atoms with E-state index in [1.807, 2.05) is 13.1 Å². The fraction of sp³-hybridized carbons (Fsp3) is 0.667. The van der Waals surface area contributed by atoms with Crippen molar-refractivity contribution in [2.24, 2.45) is 16.8 Å². The molecule has 3 heteroatoms. The van der Waals surface area contributed by atoms with Gasteiger partial charge in [-0.2, -0.15) is 0 Å². The molecule has 18 heavy (non-hydrogen) atoms. The summed E-state index contributed by atoms with van der Waals surface area (Å²) in [6.07, 6.45) is 6.30. The normalized spacial score (nSPS) is 15.0. The molecular weight excluding hydrogens is 238 g/mol. The number of allylic oxidation sites excluding steroid dienone is 3. The summed E-state index contributed by atoms with van der Waals surface area (Å²) in [7, 11) is -1.53. The van der Waals surface area contributed by atoms with E-state index in [-0.39, 0.29) is 0 Å². The molecule has 0 spiro atoms. The second-order valence-corrected chi connectivity index (χ2v) is 10.7. The standard InChI is InChI=1S/C15H29NOSi/c1-12(2)9-10-15(13(3)4)11-16-14(5)17-18(6,7)8/h9-13H,1-8H3. The van der Waals surface area contributed by atoms with Gasteiger partial charge in [-0.3, -0.25) is 0 Å². The Morgan fingerprint density at radius 3 is 2.06 bits per heavy atom. The highest BCUT2D eigenvalue weighted by Crippen LogP contribution is 2.13. The number of hydrogen-bond donors (Lipinski definition) is 0. The van der Waals surface area contributed by atoms with Gasteiger partial charge in [-0.15, -0.1) is 0 Å². The molecule has 0 unspecified atom stereocenters. The second-order valence-electron chi connectivity index (χ2n) is 6.25. The predicted octanol–water partition coefficient (Wildman–Crippen LogP) is 5.01. The molecule has 0 heterocycles. The molecule has 0 N–H and O–H groups in total. The topological polar surface area (TPSA) is 21.6 Å². The fourth-order valence-electron chi connectivity index (χ4n) is 1.32. The van der Waals surface area contributed by atoms with E-state index in [9.17, 15) is 0 Å². The minimum absolute atomic E-state index is 0.475. The van der Waals surface area contributed by atoms with Gasteiger partial charge < -0.3 is 4.43 Å². The van der Waals surface area contributed by atoms with Gasteiger partial charge in [0.2, 0.25) is 8.32 Å². The van der Waals surface area contributed by atoms with Crippen molar-refractivity contribution in [1.82, 2.24) is 0 Å². The smallest absolute Gasteiger partial charge is 0.243 e. The van der Waals surface area contributed by atoms with E-state index in [1.165, 1.54) is 5.57 Å². The van der Waals surface area contributed by atoms with Crippen LogP contribution in [0, 0.1) is 11.8 Å². The molecule has 0 fully saturated rings. The van der Waals surface area contributed by atoms with Crippen LogP contribution in [0.1, 0.15) is 34.6 Å². The molecule has 0 amide bonds. The Kier molecular flexibility index (Phi) is 7.22. The maximum Gasteiger partial charge on any atom is 0.243 e. The molecule has 0 aromatic rings. The lowest BCUT2D eigenvalue weighted by Gasteiger charge is -2.18. The number of nitrogens with zero attached hydrogens (tertiary/aromatic N) is 1. The Hall–Kier alpha value is -0.833. The summed E-state index contributed by atoms with van der Waals surface area (Å²) in [4.78, 5) is 4.42. The van der Waals surface area contributed by atoms with E-state index in [0.717, 1.165) is 5.90 Å². The van der Waals surface area contributed by atoms with Crippen molar-refractivity contribution in [3.63, 3.8) is 0 Å². The zero-order chi connectivity index (χ0) is 14.3. The molecule has 0 aliphatic rings. The fourth-order valence-corrected chi connectivity index (χ4v) is 2.26. The molecule has 104 valence electrons. The summed E-state index contributed by atoms with van der Waals surface area (Å²) in [6, 6.07) is 0. The molecule has 0 saturated carbocycles. The van der Waals surface area contributed by atoms with Crippen LogP contribution in [-0.4, -0.2) is 14.2 Å². The third kappa shape index (κ3) is 9.22.